The SMILES string of the molecule is CC(=O)N[C@@H]1C[C@@H]2CN(Cc3[nH]c4c(Cl)cccc4c3C)C[C@@H]2C[C@H]1O. The van der Waals surface area contributed by atoms with Crippen LogP contribution in [0.1, 0.15) is 31.0 Å². The molecule has 1 saturated carbocycles. The summed E-state index contributed by atoms with van der Waals surface area (Å²) in [5.74, 6) is 0.972. The van der Waals surface area contributed by atoms with Gasteiger partial charge in [0.25, 0.3) is 0 Å². The number of likely N-dealkylation sites (tertiary alicyclic amines) is 1. The second kappa shape index (κ2) is 6.87. The first-order valence-electron chi connectivity index (χ1n) is 9.35. The average Bonchev–Trinajstić information content (AvgIpc) is 3.10. The number of aliphatic hydroxyl groups excluding tert-OH is 1. The van der Waals surface area contributed by atoms with E-state index < -0.39 is 6.10 Å². The van der Waals surface area contributed by atoms with E-state index in [0.717, 1.165) is 43.0 Å². The summed E-state index contributed by atoms with van der Waals surface area (Å²) in [5, 5.41) is 15.2. The standard InChI is InChI=1S/C20H26ClN3O2/c1-11-15-4-3-5-16(21)20(15)23-18(11)10-24-8-13-6-17(22-12(2)25)19(26)7-14(13)9-24/h3-5,13-14,17,19,23,26H,6-10H2,1-2H3,(H,22,25)/t13-,14+,17-,19-/m1/s1. The Balaban J connectivity index is 1.47. The molecule has 26 heavy (non-hydrogen) atoms. The second-order valence-electron chi connectivity index (χ2n) is 7.95. The Morgan fingerprint density at radius 2 is 2.08 bits per heavy atom. The van der Waals surface area contributed by atoms with Gasteiger partial charge in [0.05, 0.1) is 22.7 Å². The smallest absolute Gasteiger partial charge is 0.217 e. The minimum atomic E-state index is -0.436. The number of rotatable bonds is 3. The number of hydrogen-bond donors (Lipinski definition) is 3. The molecule has 4 atom stereocenters. The maximum Gasteiger partial charge on any atom is 0.217 e. The summed E-state index contributed by atoms with van der Waals surface area (Å²) < 4.78 is 0. The highest BCUT2D eigenvalue weighted by molar-refractivity contribution is 6.35. The number of aromatic amines is 1. The first-order chi connectivity index (χ1) is 12.4. The van der Waals surface area contributed by atoms with E-state index in [0.29, 0.717) is 11.8 Å². The summed E-state index contributed by atoms with van der Waals surface area (Å²) >= 11 is 6.32. The number of carbonyl (C=O) groups excluding carboxylic acids is 1. The molecule has 1 aliphatic heterocycles. The van der Waals surface area contributed by atoms with Crippen LogP contribution in [-0.4, -0.2) is 46.1 Å². The highest BCUT2D eigenvalue weighted by atomic mass is 35.5. The monoisotopic (exact) mass is 375 g/mol. The number of H-pyrrole nitrogens is 1. The molecule has 2 aromatic rings. The van der Waals surface area contributed by atoms with Crippen molar-refractivity contribution in [3.63, 3.8) is 0 Å². The largest absolute Gasteiger partial charge is 0.391 e. The van der Waals surface area contributed by atoms with Crippen LogP contribution in [0.25, 0.3) is 10.9 Å². The molecule has 5 nitrogen and oxygen atoms in total. The number of fused-ring (bicyclic) bond motifs is 2. The van der Waals surface area contributed by atoms with Gasteiger partial charge in [-0.15, -0.1) is 0 Å². The Labute approximate surface area is 158 Å². The number of halogens is 1. The molecule has 3 N–H and O–H groups in total. The van der Waals surface area contributed by atoms with E-state index in [9.17, 15) is 9.90 Å². The van der Waals surface area contributed by atoms with Crippen molar-refractivity contribution in [2.75, 3.05) is 13.1 Å². The number of nitrogens with zero attached hydrogens (tertiary/aromatic N) is 1. The van der Waals surface area contributed by atoms with Gasteiger partial charge in [-0.3, -0.25) is 9.69 Å². The van der Waals surface area contributed by atoms with E-state index in [1.807, 2.05) is 12.1 Å². The van der Waals surface area contributed by atoms with Crippen molar-refractivity contribution in [3.05, 3.63) is 34.5 Å². The molecule has 0 unspecified atom stereocenters. The quantitative estimate of drug-likeness (QED) is 0.772. The lowest BCUT2D eigenvalue weighted by molar-refractivity contribution is -0.121. The number of carbonyl (C=O) groups is 1. The zero-order valence-corrected chi connectivity index (χ0v) is 16.0. The van der Waals surface area contributed by atoms with Gasteiger partial charge in [0, 0.05) is 37.6 Å². The summed E-state index contributed by atoms with van der Waals surface area (Å²) in [4.78, 5) is 17.3. The number of hydrogen-bond acceptors (Lipinski definition) is 3. The first-order valence-corrected chi connectivity index (χ1v) is 9.73. The van der Waals surface area contributed by atoms with Crippen molar-refractivity contribution in [3.8, 4) is 0 Å². The number of amides is 1. The third-order valence-electron chi connectivity index (χ3n) is 6.13. The topological polar surface area (TPSA) is 68.4 Å². The van der Waals surface area contributed by atoms with E-state index in [1.54, 1.807) is 0 Å². The van der Waals surface area contributed by atoms with Gasteiger partial charge in [-0.1, -0.05) is 23.7 Å². The Morgan fingerprint density at radius 1 is 1.35 bits per heavy atom. The van der Waals surface area contributed by atoms with Crippen LogP contribution in [0.5, 0.6) is 0 Å². The van der Waals surface area contributed by atoms with Gasteiger partial charge in [0.2, 0.25) is 5.91 Å². The lowest BCUT2D eigenvalue weighted by atomic mass is 9.77. The average molecular weight is 376 g/mol. The van der Waals surface area contributed by atoms with Crippen LogP contribution in [0, 0.1) is 18.8 Å². The number of aromatic nitrogens is 1. The van der Waals surface area contributed by atoms with Gasteiger partial charge >= 0.3 is 0 Å². The fourth-order valence-electron chi connectivity index (χ4n) is 4.83. The molecule has 1 aliphatic carbocycles. The lowest BCUT2D eigenvalue weighted by Gasteiger charge is -2.35. The molecule has 2 aliphatic rings. The zero-order chi connectivity index (χ0) is 18.4. The van der Waals surface area contributed by atoms with E-state index in [1.165, 1.54) is 23.6 Å². The number of nitrogens with one attached hydrogen (secondary N) is 2. The molecule has 1 saturated heterocycles. The van der Waals surface area contributed by atoms with Gasteiger partial charge in [0.15, 0.2) is 0 Å². The first kappa shape index (κ1) is 17.8. The molecule has 4 rings (SSSR count). The van der Waals surface area contributed by atoms with Crippen LogP contribution in [0.3, 0.4) is 0 Å². The Bertz CT molecular complexity index is 834. The van der Waals surface area contributed by atoms with Crippen LogP contribution in [0.15, 0.2) is 18.2 Å². The van der Waals surface area contributed by atoms with E-state index >= 15 is 0 Å². The molecule has 0 radical (unpaired) electrons. The third kappa shape index (κ3) is 3.24. The van der Waals surface area contributed by atoms with Crippen LogP contribution in [0.2, 0.25) is 5.02 Å². The van der Waals surface area contributed by atoms with Crippen molar-refractivity contribution in [2.45, 2.75) is 45.4 Å². The molecule has 2 fully saturated rings. The fraction of sp³-hybridized carbons (Fsp3) is 0.550. The molecule has 1 amide bonds. The number of aliphatic hydroxyl groups is 1. The summed E-state index contributed by atoms with van der Waals surface area (Å²) in [5.41, 5.74) is 3.48. The summed E-state index contributed by atoms with van der Waals surface area (Å²) in [6.45, 7) is 6.53. The predicted molar refractivity (Wildman–Crippen MR) is 103 cm³/mol. The molecule has 6 heteroatoms. The highest BCUT2D eigenvalue weighted by Crippen LogP contribution is 2.37. The fourth-order valence-corrected chi connectivity index (χ4v) is 5.05. The van der Waals surface area contributed by atoms with Crippen LogP contribution in [-0.2, 0) is 11.3 Å². The number of benzene rings is 1. The molecular formula is C20H26ClN3O2. The zero-order valence-electron chi connectivity index (χ0n) is 15.3. The van der Waals surface area contributed by atoms with Crippen molar-refractivity contribution in [2.24, 2.45) is 11.8 Å². The van der Waals surface area contributed by atoms with Crippen molar-refractivity contribution < 1.29 is 9.90 Å². The van der Waals surface area contributed by atoms with Crippen LogP contribution < -0.4 is 5.32 Å². The van der Waals surface area contributed by atoms with Gasteiger partial charge < -0.3 is 15.4 Å². The molecule has 1 aromatic carbocycles. The minimum Gasteiger partial charge on any atom is -0.391 e. The molecule has 1 aromatic heterocycles. The molecule has 140 valence electrons. The molecule has 0 spiro atoms. The van der Waals surface area contributed by atoms with E-state index in [2.05, 4.69) is 28.2 Å². The second-order valence-corrected chi connectivity index (χ2v) is 8.36. The number of aryl methyl sites for hydroxylation is 1. The lowest BCUT2D eigenvalue weighted by Crippen LogP contribution is -2.48. The predicted octanol–water partition coefficient (Wildman–Crippen LogP) is 2.84. The minimum absolute atomic E-state index is 0.0621. The van der Waals surface area contributed by atoms with Gasteiger partial charge in [-0.05, 0) is 43.2 Å². The van der Waals surface area contributed by atoms with Gasteiger partial charge in [0.1, 0.15) is 0 Å². The molecular weight excluding hydrogens is 350 g/mol. The van der Waals surface area contributed by atoms with E-state index in [4.69, 9.17) is 11.6 Å². The van der Waals surface area contributed by atoms with Crippen molar-refractivity contribution >= 4 is 28.4 Å². The van der Waals surface area contributed by atoms with Gasteiger partial charge in [-0.2, -0.15) is 0 Å². The van der Waals surface area contributed by atoms with Crippen molar-refractivity contribution in [1.29, 1.82) is 0 Å². The van der Waals surface area contributed by atoms with Crippen molar-refractivity contribution in [1.82, 2.24) is 15.2 Å². The maximum atomic E-state index is 11.4. The van der Waals surface area contributed by atoms with E-state index in [-0.39, 0.29) is 11.9 Å². The normalized spacial score (nSPS) is 29.1. The Hall–Kier alpha value is -1.56. The van der Waals surface area contributed by atoms with Crippen LogP contribution in [0.4, 0.5) is 0 Å². The summed E-state index contributed by atoms with van der Waals surface area (Å²) in [6, 6.07) is 5.90. The molecule has 0 bridgehead atoms. The molecule has 2 heterocycles. The Morgan fingerprint density at radius 3 is 2.77 bits per heavy atom. The number of para-hydroxylation sites is 1. The Kier molecular flexibility index (Phi) is 4.71. The maximum absolute atomic E-state index is 11.4. The summed E-state index contributed by atoms with van der Waals surface area (Å²) in [6.07, 6.45) is 1.19. The third-order valence-corrected chi connectivity index (χ3v) is 6.45. The summed E-state index contributed by atoms with van der Waals surface area (Å²) in [7, 11) is 0. The highest BCUT2D eigenvalue weighted by Gasteiger charge is 2.42. The van der Waals surface area contributed by atoms with Crippen LogP contribution >= 0.6 is 11.6 Å². The van der Waals surface area contributed by atoms with Gasteiger partial charge in [-0.25, -0.2) is 0 Å².